The molecule has 0 amide bonds. The van der Waals surface area contributed by atoms with Crippen molar-refractivity contribution < 1.29 is 5.11 Å². The zero-order chi connectivity index (χ0) is 13.0. The molecule has 1 aliphatic carbocycles. The smallest absolute Gasteiger partial charge is 0.0546 e. The van der Waals surface area contributed by atoms with Crippen LogP contribution in [0.3, 0.4) is 0 Å². The highest BCUT2D eigenvalue weighted by atomic mass is 16.3. The largest absolute Gasteiger partial charge is 0.393 e. The minimum absolute atomic E-state index is 0.0351. The van der Waals surface area contributed by atoms with Gasteiger partial charge >= 0.3 is 0 Å². The fourth-order valence-corrected chi connectivity index (χ4v) is 2.55. The third-order valence-corrected chi connectivity index (χ3v) is 3.64. The second-order valence-corrected chi connectivity index (χ2v) is 6.04. The Labute approximate surface area is 110 Å². The molecule has 1 saturated carbocycles. The number of aliphatic hydroxyl groups excluding tert-OH is 1. The van der Waals surface area contributed by atoms with Crippen LogP contribution in [0.15, 0.2) is 24.3 Å². The van der Waals surface area contributed by atoms with Crippen molar-refractivity contribution in [3.63, 3.8) is 0 Å². The van der Waals surface area contributed by atoms with Crippen molar-refractivity contribution in [3.8, 4) is 0 Å². The van der Waals surface area contributed by atoms with Crippen LogP contribution in [0.5, 0.6) is 0 Å². The molecule has 2 heteroatoms. The number of benzene rings is 1. The van der Waals surface area contributed by atoms with Crippen molar-refractivity contribution in [2.24, 2.45) is 11.8 Å². The van der Waals surface area contributed by atoms with Crippen molar-refractivity contribution in [2.45, 2.75) is 45.8 Å². The summed E-state index contributed by atoms with van der Waals surface area (Å²) in [5.74, 6) is 1.40. The van der Waals surface area contributed by atoms with Gasteiger partial charge in [0, 0.05) is 6.54 Å². The lowest BCUT2D eigenvalue weighted by atomic mass is 9.82. The summed E-state index contributed by atoms with van der Waals surface area (Å²) in [7, 11) is 0. The predicted molar refractivity (Wildman–Crippen MR) is 75.4 cm³/mol. The number of nitrogens with one attached hydrogen (secondary N) is 1. The molecule has 0 atom stereocenters. The van der Waals surface area contributed by atoms with E-state index >= 15 is 0 Å². The maximum Gasteiger partial charge on any atom is 0.0546 e. The topological polar surface area (TPSA) is 32.3 Å². The lowest BCUT2D eigenvalue weighted by molar-refractivity contribution is 0.0430. The number of hydrogen-bond acceptors (Lipinski definition) is 2. The molecular formula is C16H25NO. The Morgan fingerprint density at radius 2 is 1.78 bits per heavy atom. The maximum atomic E-state index is 9.21. The van der Waals surface area contributed by atoms with Crippen LogP contribution in [0.25, 0.3) is 0 Å². The third kappa shape index (κ3) is 4.11. The van der Waals surface area contributed by atoms with Crippen molar-refractivity contribution in [2.75, 3.05) is 6.54 Å². The van der Waals surface area contributed by atoms with E-state index in [2.05, 4.69) is 43.4 Å². The first-order valence-electron chi connectivity index (χ1n) is 7.10. The van der Waals surface area contributed by atoms with Gasteiger partial charge in [0.1, 0.15) is 0 Å². The molecule has 100 valence electrons. The Kier molecular flexibility index (Phi) is 4.79. The highest BCUT2D eigenvalue weighted by Gasteiger charge is 2.26. The van der Waals surface area contributed by atoms with Crippen LogP contribution < -0.4 is 5.32 Å². The SMILES string of the molecule is CC(C)Cc1ccc(CNCC2CC(O)C2)cc1. The summed E-state index contributed by atoms with van der Waals surface area (Å²) in [6.45, 7) is 6.48. The van der Waals surface area contributed by atoms with E-state index in [4.69, 9.17) is 0 Å². The molecule has 0 bridgehead atoms. The molecule has 1 aromatic carbocycles. The zero-order valence-electron chi connectivity index (χ0n) is 11.5. The molecule has 0 radical (unpaired) electrons. The molecule has 2 rings (SSSR count). The molecule has 0 aliphatic heterocycles. The molecule has 2 nitrogen and oxygen atoms in total. The van der Waals surface area contributed by atoms with E-state index in [0.29, 0.717) is 5.92 Å². The average Bonchev–Trinajstić information content (AvgIpc) is 2.28. The molecule has 0 spiro atoms. The molecule has 2 N–H and O–H groups in total. The summed E-state index contributed by atoms with van der Waals surface area (Å²) < 4.78 is 0. The van der Waals surface area contributed by atoms with Crippen LogP contribution in [0.1, 0.15) is 37.8 Å². The van der Waals surface area contributed by atoms with Gasteiger partial charge in [0.05, 0.1) is 6.10 Å². The Bertz CT molecular complexity index is 352. The van der Waals surface area contributed by atoms with Gasteiger partial charge in [-0.2, -0.15) is 0 Å². The first-order chi connectivity index (χ1) is 8.63. The summed E-state index contributed by atoms with van der Waals surface area (Å²) in [6, 6.07) is 8.93. The second kappa shape index (κ2) is 6.35. The third-order valence-electron chi connectivity index (χ3n) is 3.64. The first kappa shape index (κ1) is 13.6. The lowest BCUT2D eigenvalue weighted by Crippen LogP contribution is -2.35. The van der Waals surface area contributed by atoms with Gasteiger partial charge < -0.3 is 10.4 Å². The van der Waals surface area contributed by atoms with Gasteiger partial charge in [-0.25, -0.2) is 0 Å². The monoisotopic (exact) mass is 247 g/mol. The molecule has 0 aromatic heterocycles. The van der Waals surface area contributed by atoms with Gasteiger partial charge in [-0.3, -0.25) is 0 Å². The summed E-state index contributed by atoms with van der Waals surface area (Å²) in [5, 5.41) is 12.7. The zero-order valence-corrected chi connectivity index (χ0v) is 11.5. The number of rotatable bonds is 6. The van der Waals surface area contributed by atoms with Gasteiger partial charge in [-0.1, -0.05) is 38.1 Å². The van der Waals surface area contributed by atoms with Crippen LogP contribution in [0.4, 0.5) is 0 Å². The number of aliphatic hydroxyl groups is 1. The second-order valence-electron chi connectivity index (χ2n) is 6.04. The fourth-order valence-electron chi connectivity index (χ4n) is 2.55. The predicted octanol–water partition coefficient (Wildman–Crippen LogP) is 2.75. The number of hydrogen-bond donors (Lipinski definition) is 2. The summed E-state index contributed by atoms with van der Waals surface area (Å²) >= 11 is 0. The van der Waals surface area contributed by atoms with Crippen LogP contribution in [-0.4, -0.2) is 17.8 Å². The van der Waals surface area contributed by atoms with E-state index in [1.807, 2.05) is 0 Å². The van der Waals surface area contributed by atoms with Crippen molar-refractivity contribution >= 4 is 0 Å². The normalized spacial score (nSPS) is 23.1. The molecule has 0 unspecified atom stereocenters. The molecule has 0 saturated heterocycles. The Balaban J connectivity index is 1.69. The molecule has 0 heterocycles. The molecule has 18 heavy (non-hydrogen) atoms. The lowest BCUT2D eigenvalue weighted by Gasteiger charge is -2.31. The summed E-state index contributed by atoms with van der Waals surface area (Å²) in [5.41, 5.74) is 2.78. The fraction of sp³-hybridized carbons (Fsp3) is 0.625. The molecule has 1 fully saturated rings. The average molecular weight is 247 g/mol. The standard InChI is InChI=1S/C16H25NO/c1-12(2)7-13-3-5-14(6-4-13)10-17-11-15-8-16(18)9-15/h3-6,12,15-18H,7-11H2,1-2H3. The van der Waals surface area contributed by atoms with Gasteiger partial charge in [0.15, 0.2) is 0 Å². The van der Waals surface area contributed by atoms with Crippen LogP contribution in [0, 0.1) is 11.8 Å². The molecule has 1 aliphatic rings. The minimum Gasteiger partial charge on any atom is -0.393 e. The van der Waals surface area contributed by atoms with E-state index < -0.39 is 0 Å². The Morgan fingerprint density at radius 3 is 2.33 bits per heavy atom. The highest BCUT2D eigenvalue weighted by molar-refractivity contribution is 5.22. The molecule has 1 aromatic rings. The Morgan fingerprint density at radius 1 is 1.17 bits per heavy atom. The van der Waals surface area contributed by atoms with Gasteiger partial charge in [0.25, 0.3) is 0 Å². The van der Waals surface area contributed by atoms with E-state index in [9.17, 15) is 5.11 Å². The van der Waals surface area contributed by atoms with Gasteiger partial charge in [-0.05, 0) is 48.8 Å². The van der Waals surface area contributed by atoms with Crippen LogP contribution >= 0.6 is 0 Å². The van der Waals surface area contributed by atoms with Crippen molar-refractivity contribution in [1.82, 2.24) is 5.32 Å². The van der Waals surface area contributed by atoms with Gasteiger partial charge in [-0.15, -0.1) is 0 Å². The van der Waals surface area contributed by atoms with Gasteiger partial charge in [0.2, 0.25) is 0 Å². The first-order valence-corrected chi connectivity index (χ1v) is 7.10. The summed E-state index contributed by atoms with van der Waals surface area (Å²) in [6.07, 6.45) is 3.07. The highest BCUT2D eigenvalue weighted by Crippen LogP contribution is 2.26. The molecular weight excluding hydrogens is 222 g/mol. The van der Waals surface area contributed by atoms with Crippen molar-refractivity contribution in [3.05, 3.63) is 35.4 Å². The van der Waals surface area contributed by atoms with E-state index in [1.54, 1.807) is 0 Å². The minimum atomic E-state index is -0.0351. The van der Waals surface area contributed by atoms with E-state index in [-0.39, 0.29) is 6.10 Å². The van der Waals surface area contributed by atoms with Crippen molar-refractivity contribution in [1.29, 1.82) is 0 Å². The van der Waals surface area contributed by atoms with Crippen LogP contribution in [0.2, 0.25) is 0 Å². The summed E-state index contributed by atoms with van der Waals surface area (Å²) in [4.78, 5) is 0. The van der Waals surface area contributed by atoms with E-state index in [1.165, 1.54) is 11.1 Å². The van der Waals surface area contributed by atoms with Crippen LogP contribution in [-0.2, 0) is 13.0 Å². The van der Waals surface area contributed by atoms with E-state index in [0.717, 1.165) is 38.3 Å². The quantitative estimate of drug-likeness (QED) is 0.810. The maximum absolute atomic E-state index is 9.21. The Hall–Kier alpha value is -0.860.